The van der Waals surface area contributed by atoms with Gasteiger partial charge in [-0.2, -0.15) is 11.8 Å². The van der Waals surface area contributed by atoms with Crippen molar-refractivity contribution in [1.29, 1.82) is 0 Å². The highest BCUT2D eigenvalue weighted by atomic mass is 127. The second-order valence-corrected chi connectivity index (χ2v) is 6.80. The van der Waals surface area contributed by atoms with Crippen molar-refractivity contribution in [2.45, 2.75) is 0 Å². The summed E-state index contributed by atoms with van der Waals surface area (Å²) < 4.78 is 6.37. The predicted octanol–water partition coefficient (Wildman–Crippen LogP) is 2.30. The maximum Gasteiger partial charge on any atom is 0.234 e. The molecule has 2 rings (SSSR count). The molecule has 1 amide bonds. The fourth-order valence-corrected chi connectivity index (χ4v) is 3.24. The van der Waals surface area contributed by atoms with Crippen LogP contribution in [0.2, 0.25) is 0 Å². The summed E-state index contributed by atoms with van der Waals surface area (Å²) >= 11 is 3.91. The van der Waals surface area contributed by atoms with Crippen LogP contribution in [0.5, 0.6) is 0 Å². The van der Waals surface area contributed by atoms with Crippen molar-refractivity contribution in [3.63, 3.8) is 0 Å². The quantitative estimate of drug-likeness (QED) is 0.582. The Morgan fingerprint density at radius 3 is 2.85 bits per heavy atom. The molecule has 0 saturated carbocycles. The third-order valence-corrected chi connectivity index (χ3v) is 4.91. The van der Waals surface area contributed by atoms with E-state index < -0.39 is 0 Å². The highest BCUT2D eigenvalue weighted by Crippen LogP contribution is 2.17. The van der Waals surface area contributed by atoms with E-state index in [1.807, 2.05) is 24.3 Å². The smallest absolute Gasteiger partial charge is 0.234 e. The number of nitrogens with zero attached hydrogens (tertiary/aromatic N) is 1. The molecule has 1 aromatic rings. The van der Waals surface area contributed by atoms with Crippen LogP contribution in [0.25, 0.3) is 0 Å². The molecule has 20 heavy (non-hydrogen) atoms. The van der Waals surface area contributed by atoms with Crippen LogP contribution in [0.1, 0.15) is 0 Å². The summed E-state index contributed by atoms with van der Waals surface area (Å²) in [7, 11) is 0. The molecule has 1 heterocycles. The first-order valence-corrected chi connectivity index (χ1v) is 8.91. The number of anilines is 1. The molecule has 1 saturated heterocycles. The number of para-hydroxylation sites is 1. The minimum absolute atomic E-state index is 0.0705. The lowest BCUT2D eigenvalue weighted by atomic mass is 10.3. The van der Waals surface area contributed by atoms with Gasteiger partial charge in [0.1, 0.15) is 0 Å². The van der Waals surface area contributed by atoms with E-state index in [9.17, 15) is 4.79 Å². The zero-order valence-electron chi connectivity index (χ0n) is 11.3. The number of halogens is 1. The molecule has 6 heteroatoms. The standard InChI is InChI=1S/C14H19IN2O2S/c15-12-3-1-2-4-13(12)16-14(18)11-20-10-7-17-5-8-19-9-6-17/h1-4H,5-11H2,(H,16,18). The largest absolute Gasteiger partial charge is 0.379 e. The molecule has 1 aliphatic rings. The minimum Gasteiger partial charge on any atom is -0.379 e. The van der Waals surface area contributed by atoms with Crippen molar-refractivity contribution in [2.75, 3.05) is 49.7 Å². The lowest BCUT2D eigenvalue weighted by Crippen LogP contribution is -2.37. The SMILES string of the molecule is O=C(CSCCN1CCOCC1)Nc1ccccc1I. The van der Waals surface area contributed by atoms with Gasteiger partial charge in [-0.3, -0.25) is 9.69 Å². The summed E-state index contributed by atoms with van der Waals surface area (Å²) in [6.45, 7) is 4.71. The van der Waals surface area contributed by atoms with Crippen molar-refractivity contribution < 1.29 is 9.53 Å². The highest BCUT2D eigenvalue weighted by molar-refractivity contribution is 14.1. The molecule has 4 nitrogen and oxygen atoms in total. The summed E-state index contributed by atoms with van der Waals surface area (Å²) in [5, 5.41) is 2.95. The zero-order chi connectivity index (χ0) is 14.2. The predicted molar refractivity (Wildman–Crippen MR) is 92.4 cm³/mol. The van der Waals surface area contributed by atoms with Gasteiger partial charge in [0, 0.05) is 29.0 Å². The fourth-order valence-electron chi connectivity index (χ4n) is 1.93. The van der Waals surface area contributed by atoms with Gasteiger partial charge in [0.2, 0.25) is 5.91 Å². The van der Waals surface area contributed by atoms with Gasteiger partial charge in [-0.15, -0.1) is 0 Å². The lowest BCUT2D eigenvalue weighted by molar-refractivity contribution is -0.113. The number of nitrogens with one attached hydrogen (secondary N) is 1. The number of ether oxygens (including phenoxy) is 1. The van der Waals surface area contributed by atoms with Crippen LogP contribution >= 0.6 is 34.4 Å². The van der Waals surface area contributed by atoms with Gasteiger partial charge in [0.25, 0.3) is 0 Å². The molecule has 0 spiro atoms. The fraction of sp³-hybridized carbons (Fsp3) is 0.500. The first-order valence-electron chi connectivity index (χ1n) is 6.68. The van der Waals surface area contributed by atoms with Crippen molar-refractivity contribution >= 4 is 45.9 Å². The van der Waals surface area contributed by atoms with Gasteiger partial charge in [-0.05, 0) is 34.7 Å². The molecular formula is C14H19IN2O2S. The van der Waals surface area contributed by atoms with Crippen molar-refractivity contribution in [1.82, 2.24) is 4.90 Å². The number of thioether (sulfide) groups is 1. The molecule has 0 aliphatic carbocycles. The topological polar surface area (TPSA) is 41.6 Å². The Balaban J connectivity index is 1.61. The molecule has 0 unspecified atom stereocenters. The van der Waals surface area contributed by atoms with Crippen LogP contribution in [0.15, 0.2) is 24.3 Å². The average molecular weight is 406 g/mol. The van der Waals surface area contributed by atoms with Crippen LogP contribution < -0.4 is 5.32 Å². The molecule has 1 aromatic carbocycles. The molecule has 0 radical (unpaired) electrons. The van der Waals surface area contributed by atoms with Gasteiger partial charge < -0.3 is 10.1 Å². The normalized spacial score (nSPS) is 16.1. The first-order chi connectivity index (χ1) is 9.75. The highest BCUT2D eigenvalue weighted by Gasteiger charge is 2.10. The molecule has 110 valence electrons. The average Bonchev–Trinajstić information content (AvgIpc) is 2.47. The number of amides is 1. The molecule has 1 fully saturated rings. The summed E-state index contributed by atoms with van der Waals surface area (Å²) in [6.07, 6.45) is 0. The third-order valence-electron chi connectivity index (χ3n) is 3.04. The lowest BCUT2D eigenvalue weighted by Gasteiger charge is -2.26. The van der Waals surface area contributed by atoms with Crippen molar-refractivity contribution in [2.24, 2.45) is 0 Å². The van der Waals surface area contributed by atoms with Crippen LogP contribution in [0.4, 0.5) is 5.69 Å². The molecular weight excluding hydrogens is 387 g/mol. The third kappa shape index (κ3) is 5.59. The molecule has 0 aromatic heterocycles. The second-order valence-electron chi connectivity index (χ2n) is 4.53. The Labute approximate surface area is 137 Å². The van der Waals surface area contributed by atoms with E-state index in [-0.39, 0.29) is 5.91 Å². The van der Waals surface area contributed by atoms with E-state index in [1.165, 1.54) is 0 Å². The van der Waals surface area contributed by atoms with Crippen molar-refractivity contribution in [3.8, 4) is 0 Å². The number of carbonyl (C=O) groups excluding carboxylic acids is 1. The van der Waals surface area contributed by atoms with Crippen LogP contribution in [0, 0.1) is 3.57 Å². The summed E-state index contributed by atoms with van der Waals surface area (Å²) in [4.78, 5) is 14.2. The minimum atomic E-state index is 0.0705. The number of morpholine rings is 1. The Morgan fingerprint density at radius 1 is 1.35 bits per heavy atom. The molecule has 1 aliphatic heterocycles. The molecule has 0 bridgehead atoms. The monoisotopic (exact) mass is 406 g/mol. The summed E-state index contributed by atoms with van der Waals surface area (Å²) in [5.41, 5.74) is 0.895. The van der Waals surface area contributed by atoms with E-state index in [0.717, 1.165) is 47.9 Å². The van der Waals surface area contributed by atoms with E-state index in [1.54, 1.807) is 11.8 Å². The number of carbonyl (C=O) groups is 1. The van der Waals surface area contributed by atoms with Gasteiger partial charge >= 0.3 is 0 Å². The number of hydrogen-bond acceptors (Lipinski definition) is 4. The van der Waals surface area contributed by atoms with Gasteiger partial charge in [0.15, 0.2) is 0 Å². The second kappa shape index (κ2) is 8.86. The van der Waals surface area contributed by atoms with E-state index in [4.69, 9.17) is 4.74 Å². The maximum atomic E-state index is 11.8. The van der Waals surface area contributed by atoms with Crippen molar-refractivity contribution in [3.05, 3.63) is 27.8 Å². The Hall–Kier alpha value is -0.310. The maximum absolute atomic E-state index is 11.8. The zero-order valence-corrected chi connectivity index (χ0v) is 14.3. The van der Waals surface area contributed by atoms with Crippen LogP contribution in [-0.2, 0) is 9.53 Å². The number of hydrogen-bond donors (Lipinski definition) is 1. The Morgan fingerprint density at radius 2 is 2.10 bits per heavy atom. The van der Waals surface area contributed by atoms with Gasteiger partial charge in [0.05, 0.1) is 24.7 Å². The van der Waals surface area contributed by atoms with Gasteiger partial charge in [-0.25, -0.2) is 0 Å². The number of benzene rings is 1. The first kappa shape index (κ1) is 16.1. The van der Waals surface area contributed by atoms with Gasteiger partial charge in [-0.1, -0.05) is 12.1 Å². The van der Waals surface area contributed by atoms with E-state index >= 15 is 0 Å². The molecule has 1 N–H and O–H groups in total. The summed E-state index contributed by atoms with van der Waals surface area (Å²) in [5.74, 6) is 1.57. The van der Waals surface area contributed by atoms with Crippen LogP contribution in [0.3, 0.4) is 0 Å². The van der Waals surface area contributed by atoms with Crippen LogP contribution in [-0.4, -0.2) is 55.2 Å². The van der Waals surface area contributed by atoms with E-state index in [2.05, 4.69) is 32.8 Å². The number of rotatable bonds is 6. The molecule has 0 atom stereocenters. The Bertz CT molecular complexity index is 439. The Kier molecular flexibility index (Phi) is 7.12. The summed E-state index contributed by atoms with van der Waals surface area (Å²) in [6, 6.07) is 7.82. The van der Waals surface area contributed by atoms with E-state index in [0.29, 0.717) is 5.75 Å².